The number of nitrogens with zero attached hydrogens (tertiary/aromatic N) is 1. The summed E-state index contributed by atoms with van der Waals surface area (Å²) in [5, 5.41) is 10.2. The second-order valence-electron chi connectivity index (χ2n) is 6.65. The minimum absolute atomic E-state index is 0.371. The fourth-order valence-electron chi connectivity index (χ4n) is 3.30. The minimum atomic E-state index is -0.421. The Labute approximate surface area is 123 Å². The fourth-order valence-corrected chi connectivity index (χ4v) is 3.30. The molecule has 0 aromatic heterocycles. The van der Waals surface area contributed by atoms with Crippen LogP contribution in [-0.4, -0.2) is 48.0 Å². The van der Waals surface area contributed by atoms with Gasteiger partial charge in [0, 0.05) is 6.54 Å². The monoisotopic (exact) mass is 279 g/mol. The number of hydrogen-bond donors (Lipinski definition) is 1. The van der Waals surface area contributed by atoms with Crippen molar-refractivity contribution in [3.8, 4) is 12.3 Å². The van der Waals surface area contributed by atoms with Gasteiger partial charge in [-0.15, -0.1) is 6.42 Å². The number of rotatable bonds is 5. The maximum Gasteiger partial charge on any atom is 0.128 e. The van der Waals surface area contributed by atoms with Gasteiger partial charge < -0.3 is 14.7 Å². The first-order valence-electron chi connectivity index (χ1n) is 8.16. The summed E-state index contributed by atoms with van der Waals surface area (Å²) in [5.41, 5.74) is -0.407. The largest absolute Gasteiger partial charge is 0.389 e. The summed E-state index contributed by atoms with van der Waals surface area (Å²) in [6.45, 7) is 5.58. The Morgan fingerprint density at radius 2 is 1.95 bits per heavy atom. The van der Waals surface area contributed by atoms with E-state index < -0.39 is 11.7 Å². The Kier molecular flexibility index (Phi) is 5.89. The molecule has 2 fully saturated rings. The molecule has 114 valence electrons. The number of aliphatic hydroxyl groups excluding tert-OH is 1. The smallest absolute Gasteiger partial charge is 0.128 e. The summed E-state index contributed by atoms with van der Waals surface area (Å²) in [6.07, 6.45) is 13.1. The highest BCUT2D eigenvalue weighted by Crippen LogP contribution is 2.31. The summed E-state index contributed by atoms with van der Waals surface area (Å²) >= 11 is 0. The molecular weight excluding hydrogens is 250 g/mol. The predicted octanol–water partition coefficient (Wildman–Crippen LogP) is 2.43. The van der Waals surface area contributed by atoms with E-state index in [4.69, 9.17) is 11.2 Å². The van der Waals surface area contributed by atoms with Crippen LogP contribution in [0.15, 0.2) is 0 Å². The SMILES string of the molecule is C#CC1(OC[C@H](O)CN2CCC(C)CC2)CCCCC1. The molecule has 1 atom stereocenters. The van der Waals surface area contributed by atoms with Crippen LogP contribution in [0.5, 0.6) is 0 Å². The molecule has 3 nitrogen and oxygen atoms in total. The molecule has 1 heterocycles. The van der Waals surface area contributed by atoms with Crippen molar-refractivity contribution in [2.75, 3.05) is 26.2 Å². The Balaban J connectivity index is 1.71. The Morgan fingerprint density at radius 1 is 1.30 bits per heavy atom. The van der Waals surface area contributed by atoms with Gasteiger partial charge in [-0.2, -0.15) is 0 Å². The number of ether oxygens (including phenoxy) is 1. The van der Waals surface area contributed by atoms with E-state index in [0.717, 1.165) is 44.7 Å². The topological polar surface area (TPSA) is 32.7 Å². The van der Waals surface area contributed by atoms with Gasteiger partial charge in [0.2, 0.25) is 0 Å². The van der Waals surface area contributed by atoms with Crippen LogP contribution in [0.3, 0.4) is 0 Å². The maximum absolute atomic E-state index is 10.2. The third kappa shape index (κ3) is 4.48. The summed E-state index contributed by atoms with van der Waals surface area (Å²) in [4.78, 5) is 2.34. The lowest BCUT2D eigenvalue weighted by molar-refractivity contribution is -0.0709. The normalized spacial score (nSPS) is 26.1. The average molecular weight is 279 g/mol. The lowest BCUT2D eigenvalue weighted by Crippen LogP contribution is -2.42. The van der Waals surface area contributed by atoms with E-state index in [1.807, 2.05) is 0 Å². The van der Waals surface area contributed by atoms with Crippen molar-refractivity contribution in [3.63, 3.8) is 0 Å². The summed E-state index contributed by atoms with van der Waals surface area (Å²) in [7, 11) is 0. The molecule has 0 radical (unpaired) electrons. The molecule has 20 heavy (non-hydrogen) atoms. The first-order chi connectivity index (χ1) is 9.63. The standard InChI is InChI=1S/C17H29NO2/c1-3-17(9-5-4-6-10-17)20-14-16(19)13-18-11-7-15(2)8-12-18/h1,15-16,19H,4-14H2,2H3/t16-/m1/s1. The minimum Gasteiger partial charge on any atom is -0.389 e. The van der Waals surface area contributed by atoms with E-state index in [1.165, 1.54) is 19.3 Å². The quantitative estimate of drug-likeness (QED) is 0.785. The third-order valence-corrected chi connectivity index (χ3v) is 4.82. The molecular formula is C17H29NO2. The number of terminal acetylenes is 1. The Morgan fingerprint density at radius 3 is 2.55 bits per heavy atom. The first-order valence-corrected chi connectivity index (χ1v) is 8.16. The third-order valence-electron chi connectivity index (χ3n) is 4.82. The van der Waals surface area contributed by atoms with E-state index in [9.17, 15) is 5.11 Å². The van der Waals surface area contributed by atoms with E-state index >= 15 is 0 Å². The molecule has 1 aliphatic heterocycles. The van der Waals surface area contributed by atoms with Gasteiger partial charge in [0.15, 0.2) is 0 Å². The molecule has 0 unspecified atom stereocenters. The Hall–Kier alpha value is -0.560. The summed E-state index contributed by atoms with van der Waals surface area (Å²) in [6, 6.07) is 0. The zero-order valence-electron chi connectivity index (χ0n) is 12.8. The number of hydrogen-bond acceptors (Lipinski definition) is 3. The van der Waals surface area contributed by atoms with E-state index in [2.05, 4.69) is 17.7 Å². The molecule has 3 heteroatoms. The number of likely N-dealkylation sites (tertiary alicyclic amines) is 1. The highest BCUT2D eigenvalue weighted by molar-refractivity contribution is 5.09. The van der Waals surface area contributed by atoms with Crippen LogP contribution in [0.1, 0.15) is 51.9 Å². The second kappa shape index (κ2) is 7.45. The highest BCUT2D eigenvalue weighted by atomic mass is 16.5. The van der Waals surface area contributed by atoms with Gasteiger partial charge in [-0.05, 0) is 57.5 Å². The van der Waals surface area contributed by atoms with Gasteiger partial charge >= 0.3 is 0 Å². The summed E-state index contributed by atoms with van der Waals surface area (Å²) in [5.74, 6) is 3.66. The zero-order valence-corrected chi connectivity index (χ0v) is 12.8. The van der Waals surface area contributed by atoms with Crippen molar-refractivity contribution < 1.29 is 9.84 Å². The molecule has 0 amide bonds. The van der Waals surface area contributed by atoms with Gasteiger partial charge in [-0.25, -0.2) is 0 Å². The molecule has 2 rings (SSSR count). The van der Waals surface area contributed by atoms with Crippen LogP contribution >= 0.6 is 0 Å². The lowest BCUT2D eigenvalue weighted by Gasteiger charge is -2.35. The molecule has 1 aliphatic carbocycles. The Bertz CT molecular complexity index is 322. The number of aliphatic hydroxyl groups is 1. The van der Waals surface area contributed by atoms with Crippen molar-refractivity contribution in [3.05, 3.63) is 0 Å². The fraction of sp³-hybridized carbons (Fsp3) is 0.882. The molecule has 0 aromatic carbocycles. The van der Waals surface area contributed by atoms with Crippen molar-refractivity contribution in [2.45, 2.75) is 63.6 Å². The average Bonchev–Trinajstić information content (AvgIpc) is 2.49. The molecule has 0 bridgehead atoms. The van der Waals surface area contributed by atoms with Gasteiger partial charge in [0.25, 0.3) is 0 Å². The zero-order chi connectivity index (χ0) is 14.4. The highest BCUT2D eigenvalue weighted by Gasteiger charge is 2.31. The van der Waals surface area contributed by atoms with Crippen LogP contribution in [0, 0.1) is 18.3 Å². The maximum atomic E-state index is 10.2. The van der Waals surface area contributed by atoms with Gasteiger partial charge in [0.1, 0.15) is 5.60 Å². The van der Waals surface area contributed by atoms with Crippen molar-refractivity contribution in [2.24, 2.45) is 5.92 Å². The van der Waals surface area contributed by atoms with Crippen molar-refractivity contribution in [1.29, 1.82) is 0 Å². The molecule has 2 aliphatic rings. The number of β-amino-alcohol motifs (C(OH)–C–C–N with tert-alkyl or cyclic N) is 1. The van der Waals surface area contributed by atoms with Crippen LogP contribution in [0.2, 0.25) is 0 Å². The van der Waals surface area contributed by atoms with Gasteiger partial charge in [0.05, 0.1) is 12.7 Å². The summed E-state index contributed by atoms with van der Waals surface area (Å²) < 4.78 is 5.93. The van der Waals surface area contributed by atoms with Crippen molar-refractivity contribution >= 4 is 0 Å². The van der Waals surface area contributed by atoms with Gasteiger partial charge in [-0.1, -0.05) is 19.3 Å². The van der Waals surface area contributed by atoms with E-state index in [0.29, 0.717) is 13.2 Å². The molecule has 1 saturated carbocycles. The van der Waals surface area contributed by atoms with Crippen LogP contribution in [0.25, 0.3) is 0 Å². The number of piperidine rings is 1. The lowest BCUT2D eigenvalue weighted by atomic mass is 9.85. The van der Waals surface area contributed by atoms with Crippen molar-refractivity contribution in [1.82, 2.24) is 4.90 Å². The van der Waals surface area contributed by atoms with Crippen LogP contribution in [-0.2, 0) is 4.74 Å². The molecule has 0 spiro atoms. The van der Waals surface area contributed by atoms with E-state index in [1.54, 1.807) is 0 Å². The van der Waals surface area contributed by atoms with Gasteiger partial charge in [-0.3, -0.25) is 0 Å². The van der Waals surface area contributed by atoms with Crippen LogP contribution < -0.4 is 0 Å². The molecule has 0 aromatic rings. The van der Waals surface area contributed by atoms with E-state index in [-0.39, 0.29) is 0 Å². The van der Waals surface area contributed by atoms with Crippen LogP contribution in [0.4, 0.5) is 0 Å². The molecule has 1 saturated heterocycles. The molecule has 1 N–H and O–H groups in total. The first kappa shape index (κ1) is 15.8. The second-order valence-corrected chi connectivity index (χ2v) is 6.65. The predicted molar refractivity (Wildman–Crippen MR) is 81.4 cm³/mol.